The van der Waals surface area contributed by atoms with Crippen LogP contribution in [0.5, 0.6) is 0 Å². The normalized spacial score (nSPS) is 15.3. The number of rotatable bonds is 5. The molecular formula is C8H18BrNO2S. The molecule has 0 saturated heterocycles. The zero-order valence-electron chi connectivity index (χ0n) is 8.62. The van der Waals surface area contributed by atoms with Gasteiger partial charge >= 0.3 is 0 Å². The highest BCUT2D eigenvalue weighted by atomic mass is 79.9. The summed E-state index contributed by atoms with van der Waals surface area (Å²) in [6.07, 6.45) is 0. The fourth-order valence-electron chi connectivity index (χ4n) is 1.02. The Kier molecular flexibility index (Phi) is 5.47. The molecule has 1 unspecified atom stereocenters. The first-order valence-corrected chi connectivity index (χ1v) is 6.86. The average molecular weight is 272 g/mol. The van der Waals surface area contributed by atoms with Gasteiger partial charge in [0.15, 0.2) is 0 Å². The molecule has 0 aliphatic heterocycles. The molecule has 0 heterocycles. The SMILES string of the molecule is CC(C)CS(=O)(=O)N(C)CC(C)Br. The molecule has 0 bridgehead atoms. The lowest BCUT2D eigenvalue weighted by atomic mass is 10.3. The molecule has 0 aromatic heterocycles. The van der Waals surface area contributed by atoms with E-state index in [9.17, 15) is 8.42 Å². The van der Waals surface area contributed by atoms with Crippen molar-refractivity contribution in [3.63, 3.8) is 0 Å². The lowest BCUT2D eigenvalue weighted by Crippen LogP contribution is -2.34. The molecule has 1 atom stereocenters. The van der Waals surface area contributed by atoms with Gasteiger partial charge in [-0.15, -0.1) is 0 Å². The summed E-state index contributed by atoms with van der Waals surface area (Å²) in [5, 5.41) is 0. The number of hydrogen-bond acceptors (Lipinski definition) is 2. The van der Waals surface area contributed by atoms with Gasteiger partial charge in [0.25, 0.3) is 0 Å². The maximum Gasteiger partial charge on any atom is 0.214 e. The van der Waals surface area contributed by atoms with E-state index >= 15 is 0 Å². The van der Waals surface area contributed by atoms with Crippen molar-refractivity contribution >= 4 is 26.0 Å². The first kappa shape index (κ1) is 13.4. The summed E-state index contributed by atoms with van der Waals surface area (Å²) in [5.41, 5.74) is 0. The van der Waals surface area contributed by atoms with Crippen molar-refractivity contribution in [2.75, 3.05) is 19.3 Å². The standard InChI is InChI=1S/C8H18BrNO2S/c1-7(2)6-13(11,12)10(4)5-8(3)9/h7-8H,5-6H2,1-4H3. The summed E-state index contributed by atoms with van der Waals surface area (Å²) in [6.45, 7) is 6.27. The molecular weight excluding hydrogens is 254 g/mol. The average Bonchev–Trinajstić information content (AvgIpc) is 1.81. The van der Waals surface area contributed by atoms with Crippen LogP contribution in [-0.2, 0) is 10.0 Å². The molecule has 0 radical (unpaired) electrons. The monoisotopic (exact) mass is 271 g/mol. The molecule has 13 heavy (non-hydrogen) atoms. The van der Waals surface area contributed by atoms with Crippen LogP contribution in [0.4, 0.5) is 0 Å². The van der Waals surface area contributed by atoms with Crippen molar-refractivity contribution in [3.8, 4) is 0 Å². The molecule has 0 aliphatic carbocycles. The smallest absolute Gasteiger partial charge is 0.212 e. The highest BCUT2D eigenvalue weighted by Gasteiger charge is 2.19. The molecule has 5 heteroatoms. The molecule has 0 rings (SSSR count). The van der Waals surface area contributed by atoms with Crippen LogP contribution in [0.15, 0.2) is 0 Å². The number of sulfonamides is 1. The Bertz CT molecular complexity index is 237. The number of hydrogen-bond donors (Lipinski definition) is 0. The fourth-order valence-corrected chi connectivity index (χ4v) is 3.19. The van der Waals surface area contributed by atoms with E-state index in [-0.39, 0.29) is 16.5 Å². The molecule has 0 amide bonds. The van der Waals surface area contributed by atoms with Gasteiger partial charge in [-0.3, -0.25) is 0 Å². The molecule has 0 aliphatic rings. The van der Waals surface area contributed by atoms with Crippen molar-refractivity contribution in [1.29, 1.82) is 0 Å². The van der Waals surface area contributed by atoms with Gasteiger partial charge in [0.05, 0.1) is 5.75 Å². The Morgan fingerprint density at radius 1 is 1.31 bits per heavy atom. The van der Waals surface area contributed by atoms with Gasteiger partial charge in [-0.25, -0.2) is 12.7 Å². The van der Waals surface area contributed by atoms with Crippen LogP contribution in [0.3, 0.4) is 0 Å². The van der Waals surface area contributed by atoms with E-state index in [1.165, 1.54) is 4.31 Å². The third-order valence-electron chi connectivity index (χ3n) is 1.53. The summed E-state index contributed by atoms with van der Waals surface area (Å²) >= 11 is 3.33. The maximum atomic E-state index is 11.6. The third kappa shape index (κ3) is 5.65. The van der Waals surface area contributed by atoms with Gasteiger partial charge in [-0.2, -0.15) is 0 Å². The Morgan fingerprint density at radius 2 is 1.77 bits per heavy atom. The summed E-state index contributed by atoms with van der Waals surface area (Å²) in [7, 11) is -1.43. The Labute approximate surface area is 89.7 Å². The fraction of sp³-hybridized carbons (Fsp3) is 1.00. The van der Waals surface area contributed by atoms with Crippen LogP contribution in [0.2, 0.25) is 0 Å². The lowest BCUT2D eigenvalue weighted by molar-refractivity contribution is 0.466. The van der Waals surface area contributed by atoms with Crippen molar-refractivity contribution < 1.29 is 8.42 Å². The topological polar surface area (TPSA) is 37.4 Å². The summed E-state index contributed by atoms with van der Waals surface area (Å²) in [4.78, 5) is 0.194. The zero-order chi connectivity index (χ0) is 10.6. The second kappa shape index (κ2) is 5.32. The van der Waals surface area contributed by atoms with E-state index < -0.39 is 10.0 Å². The summed E-state index contributed by atoms with van der Waals surface area (Å²) in [6, 6.07) is 0. The Morgan fingerprint density at radius 3 is 2.08 bits per heavy atom. The van der Waals surface area contributed by atoms with E-state index in [2.05, 4.69) is 15.9 Å². The minimum atomic E-state index is -3.05. The molecule has 0 N–H and O–H groups in total. The first-order valence-electron chi connectivity index (χ1n) is 4.33. The predicted octanol–water partition coefficient (Wildman–Crippen LogP) is 1.69. The largest absolute Gasteiger partial charge is 0.214 e. The second-order valence-electron chi connectivity index (χ2n) is 3.73. The van der Waals surface area contributed by atoms with E-state index in [1.807, 2.05) is 20.8 Å². The maximum absolute atomic E-state index is 11.6. The summed E-state index contributed by atoms with van der Waals surface area (Å²) < 4.78 is 24.6. The highest BCUT2D eigenvalue weighted by molar-refractivity contribution is 9.09. The lowest BCUT2D eigenvalue weighted by Gasteiger charge is -2.19. The van der Waals surface area contributed by atoms with E-state index in [0.29, 0.717) is 6.54 Å². The minimum Gasteiger partial charge on any atom is -0.212 e. The van der Waals surface area contributed by atoms with Gasteiger partial charge in [0.2, 0.25) is 10.0 Å². The third-order valence-corrected chi connectivity index (χ3v) is 4.00. The van der Waals surface area contributed by atoms with E-state index in [1.54, 1.807) is 7.05 Å². The van der Waals surface area contributed by atoms with Gasteiger partial charge < -0.3 is 0 Å². The molecule has 80 valence electrons. The molecule has 0 spiro atoms. The molecule has 0 fully saturated rings. The molecule has 0 saturated carbocycles. The minimum absolute atomic E-state index is 0.179. The van der Waals surface area contributed by atoms with Crippen LogP contribution in [-0.4, -0.2) is 36.9 Å². The molecule has 0 aromatic carbocycles. The van der Waals surface area contributed by atoms with Crippen molar-refractivity contribution in [2.24, 2.45) is 5.92 Å². The Hall–Kier alpha value is 0.390. The molecule has 0 aromatic rings. The van der Waals surface area contributed by atoms with E-state index in [0.717, 1.165) is 0 Å². The van der Waals surface area contributed by atoms with Crippen LogP contribution in [0, 0.1) is 5.92 Å². The Balaban J connectivity index is 4.29. The van der Waals surface area contributed by atoms with E-state index in [4.69, 9.17) is 0 Å². The molecule has 3 nitrogen and oxygen atoms in total. The van der Waals surface area contributed by atoms with Crippen molar-refractivity contribution in [1.82, 2.24) is 4.31 Å². The van der Waals surface area contributed by atoms with Gasteiger partial charge in [0, 0.05) is 18.4 Å². The van der Waals surface area contributed by atoms with Gasteiger partial charge in [-0.1, -0.05) is 36.7 Å². The number of nitrogens with zero attached hydrogens (tertiary/aromatic N) is 1. The van der Waals surface area contributed by atoms with Gasteiger partial charge in [-0.05, 0) is 5.92 Å². The summed E-state index contributed by atoms with van der Waals surface area (Å²) in [5.74, 6) is 0.404. The van der Waals surface area contributed by atoms with Crippen molar-refractivity contribution in [2.45, 2.75) is 25.6 Å². The van der Waals surface area contributed by atoms with Crippen LogP contribution in [0.1, 0.15) is 20.8 Å². The van der Waals surface area contributed by atoms with Crippen LogP contribution < -0.4 is 0 Å². The second-order valence-corrected chi connectivity index (χ2v) is 7.42. The first-order chi connectivity index (χ1) is 5.75. The van der Waals surface area contributed by atoms with Gasteiger partial charge in [0.1, 0.15) is 0 Å². The zero-order valence-corrected chi connectivity index (χ0v) is 11.0. The number of alkyl halides is 1. The predicted molar refractivity (Wildman–Crippen MR) is 59.6 cm³/mol. The van der Waals surface area contributed by atoms with Crippen molar-refractivity contribution in [3.05, 3.63) is 0 Å². The quantitative estimate of drug-likeness (QED) is 0.714. The van der Waals surface area contributed by atoms with Crippen LogP contribution >= 0.6 is 15.9 Å². The van der Waals surface area contributed by atoms with Crippen LogP contribution in [0.25, 0.3) is 0 Å². The number of halogens is 1. The highest BCUT2D eigenvalue weighted by Crippen LogP contribution is 2.08.